The fraction of sp³-hybridized carbons (Fsp3) is 0.697. The van der Waals surface area contributed by atoms with Crippen LogP contribution in [0.2, 0.25) is 0 Å². The molecule has 0 radical (unpaired) electrons. The van der Waals surface area contributed by atoms with Gasteiger partial charge >= 0.3 is 0 Å². The molecule has 2 aromatic rings. The molecule has 2 atom stereocenters. The van der Waals surface area contributed by atoms with Gasteiger partial charge in [-0.25, -0.2) is 0 Å². The molecule has 0 unspecified atom stereocenters. The number of likely N-dealkylation sites (N-methyl/N-ethyl adjacent to an activating group) is 1. The number of ketones is 1. The molecule has 0 spiro atoms. The average molecular weight is 548 g/mol. The molecule has 1 aliphatic heterocycles. The molecule has 3 aliphatic rings. The van der Waals surface area contributed by atoms with Crippen LogP contribution in [0.15, 0.2) is 18.2 Å². The molecular weight excluding hydrogens is 498 g/mol. The van der Waals surface area contributed by atoms with Crippen molar-refractivity contribution >= 4 is 11.7 Å². The Morgan fingerprint density at radius 3 is 2.35 bits per heavy atom. The smallest absolute Gasteiger partial charge is 0.236 e. The van der Waals surface area contributed by atoms with E-state index >= 15 is 0 Å². The molecular formula is C33H49N5O2. The normalized spacial score (nSPS) is 24.6. The fourth-order valence-electron chi connectivity index (χ4n) is 7.06. The highest BCUT2D eigenvalue weighted by Gasteiger charge is 2.46. The monoisotopic (exact) mass is 547 g/mol. The van der Waals surface area contributed by atoms with E-state index in [4.69, 9.17) is 10.2 Å². The van der Waals surface area contributed by atoms with Gasteiger partial charge < -0.3 is 9.47 Å². The van der Waals surface area contributed by atoms with Gasteiger partial charge in [0.2, 0.25) is 5.91 Å². The lowest BCUT2D eigenvalue weighted by atomic mass is 9.71. The van der Waals surface area contributed by atoms with E-state index in [9.17, 15) is 9.59 Å². The second kappa shape index (κ2) is 12.1. The average Bonchev–Trinajstić information content (AvgIpc) is 3.48. The third-order valence-electron chi connectivity index (χ3n) is 9.60. The van der Waals surface area contributed by atoms with Crippen LogP contribution in [0.4, 0.5) is 0 Å². The van der Waals surface area contributed by atoms with Gasteiger partial charge in [-0.1, -0.05) is 51.5 Å². The summed E-state index contributed by atoms with van der Waals surface area (Å²) in [7, 11) is 0. The van der Waals surface area contributed by atoms with Crippen molar-refractivity contribution in [2.24, 2.45) is 17.8 Å². The van der Waals surface area contributed by atoms with Crippen molar-refractivity contribution in [3.8, 4) is 0 Å². The second-order valence-electron chi connectivity index (χ2n) is 13.2. The Morgan fingerprint density at radius 1 is 1.02 bits per heavy atom. The van der Waals surface area contributed by atoms with Crippen molar-refractivity contribution in [2.75, 3.05) is 32.7 Å². The maximum Gasteiger partial charge on any atom is 0.236 e. The van der Waals surface area contributed by atoms with Crippen LogP contribution < -0.4 is 0 Å². The van der Waals surface area contributed by atoms with Crippen molar-refractivity contribution in [2.45, 2.75) is 97.9 Å². The van der Waals surface area contributed by atoms with Gasteiger partial charge in [-0.05, 0) is 82.0 Å². The van der Waals surface area contributed by atoms with E-state index in [0.717, 1.165) is 60.5 Å². The van der Waals surface area contributed by atoms with E-state index in [1.807, 2.05) is 4.90 Å². The Balaban J connectivity index is 1.41. The molecule has 2 heterocycles. The van der Waals surface area contributed by atoms with Crippen LogP contribution >= 0.6 is 0 Å². The number of aromatic nitrogens is 3. The summed E-state index contributed by atoms with van der Waals surface area (Å²) >= 11 is 0. The maximum absolute atomic E-state index is 14.0. The van der Waals surface area contributed by atoms with Crippen molar-refractivity contribution in [3.63, 3.8) is 0 Å². The Labute approximate surface area is 240 Å². The van der Waals surface area contributed by atoms with E-state index in [-0.39, 0.29) is 23.5 Å². The van der Waals surface area contributed by atoms with Gasteiger partial charge in [0, 0.05) is 43.3 Å². The number of carbonyl (C=O) groups excluding carboxylic acids is 2. The number of rotatable bonds is 12. The fourth-order valence-corrected chi connectivity index (χ4v) is 7.06. The predicted octanol–water partition coefficient (Wildman–Crippen LogP) is 5.47. The summed E-state index contributed by atoms with van der Waals surface area (Å²) in [5.41, 5.74) is 3.44. The second-order valence-corrected chi connectivity index (χ2v) is 13.2. The Kier molecular flexibility index (Phi) is 8.79. The quantitative estimate of drug-likeness (QED) is 0.353. The largest absolute Gasteiger partial charge is 0.340 e. The molecule has 3 fully saturated rings. The minimum absolute atomic E-state index is 0.104. The number of hydrogen-bond donors (Lipinski definition) is 0. The number of hydrogen-bond acceptors (Lipinski definition) is 5. The molecule has 1 saturated heterocycles. The van der Waals surface area contributed by atoms with Crippen LogP contribution in [0.5, 0.6) is 0 Å². The summed E-state index contributed by atoms with van der Waals surface area (Å²) in [5, 5.41) is 9.61. The number of likely N-dealkylation sites (tertiary alicyclic amines) is 1. The van der Waals surface area contributed by atoms with Gasteiger partial charge in [0.05, 0.1) is 6.54 Å². The number of nitrogens with zero attached hydrogens (tertiary/aromatic N) is 5. The standard InChI is InChI=1S/C33H49N5O2/c1-7-36(8-2)20-31(40)37-18-28(30(39)17-25-10-9-22(5)14-23(25)6)29(19-37)33-35-34-32(38(33)27-11-12-27)26-15-24(16-26)13-21(3)4/h9-10,14,21,24,26-29H,7-8,11-13,15-20H2,1-6H3/t24?,26?,28-,29-/m0/s1. The third-order valence-corrected chi connectivity index (χ3v) is 9.60. The first-order valence-electron chi connectivity index (χ1n) is 15.7. The van der Waals surface area contributed by atoms with Crippen molar-refractivity contribution in [1.29, 1.82) is 0 Å². The van der Waals surface area contributed by atoms with Crippen LogP contribution in [0, 0.1) is 31.6 Å². The molecule has 0 bridgehead atoms. The lowest BCUT2D eigenvalue weighted by molar-refractivity contribution is -0.131. The van der Waals surface area contributed by atoms with Crippen LogP contribution in [0.25, 0.3) is 0 Å². The van der Waals surface area contributed by atoms with Crippen molar-refractivity contribution < 1.29 is 9.59 Å². The van der Waals surface area contributed by atoms with E-state index in [2.05, 4.69) is 69.2 Å². The number of benzene rings is 1. The van der Waals surface area contributed by atoms with E-state index in [1.165, 1.54) is 24.8 Å². The zero-order valence-electron chi connectivity index (χ0n) is 25.5. The molecule has 2 saturated carbocycles. The molecule has 5 rings (SSSR count). The molecule has 7 heteroatoms. The van der Waals surface area contributed by atoms with Gasteiger partial charge in [0.1, 0.15) is 17.4 Å². The highest BCUT2D eigenvalue weighted by molar-refractivity contribution is 5.87. The van der Waals surface area contributed by atoms with Crippen LogP contribution in [0.3, 0.4) is 0 Å². The predicted molar refractivity (Wildman–Crippen MR) is 158 cm³/mol. The van der Waals surface area contributed by atoms with Crippen molar-refractivity contribution in [3.05, 3.63) is 46.5 Å². The van der Waals surface area contributed by atoms with Crippen LogP contribution in [-0.2, 0) is 16.0 Å². The number of Topliss-reactive ketones (excluding diaryl/α,β-unsaturated/α-hetero) is 1. The van der Waals surface area contributed by atoms with E-state index in [1.54, 1.807) is 0 Å². The lowest BCUT2D eigenvalue weighted by Crippen LogP contribution is -2.39. The van der Waals surface area contributed by atoms with E-state index < -0.39 is 0 Å². The molecule has 2 aliphatic carbocycles. The number of carbonyl (C=O) groups is 2. The SMILES string of the molecule is CCN(CC)CC(=O)N1C[C@H](C(=O)Cc2ccc(C)cc2C)[C@@H](c2nnc(C3CC(CC(C)C)C3)n2C2CC2)C1. The van der Waals surface area contributed by atoms with Gasteiger partial charge in [-0.3, -0.25) is 14.5 Å². The summed E-state index contributed by atoms with van der Waals surface area (Å²) in [6.07, 6.45) is 6.36. The molecule has 1 aromatic carbocycles. The summed E-state index contributed by atoms with van der Waals surface area (Å²) in [6, 6.07) is 6.77. The lowest BCUT2D eigenvalue weighted by Gasteiger charge is -2.36. The third kappa shape index (κ3) is 6.19. The topological polar surface area (TPSA) is 71.3 Å². The van der Waals surface area contributed by atoms with Gasteiger partial charge in [0.15, 0.2) is 0 Å². The zero-order chi connectivity index (χ0) is 28.6. The molecule has 40 heavy (non-hydrogen) atoms. The van der Waals surface area contributed by atoms with Gasteiger partial charge in [0.25, 0.3) is 0 Å². The highest BCUT2D eigenvalue weighted by atomic mass is 16.2. The molecule has 0 N–H and O–H groups in total. The minimum Gasteiger partial charge on any atom is -0.340 e. The van der Waals surface area contributed by atoms with Gasteiger partial charge in [-0.15, -0.1) is 10.2 Å². The molecule has 1 aromatic heterocycles. The maximum atomic E-state index is 14.0. The summed E-state index contributed by atoms with van der Waals surface area (Å²) < 4.78 is 2.41. The molecule has 1 amide bonds. The first kappa shape index (κ1) is 29.0. The minimum atomic E-state index is -0.258. The summed E-state index contributed by atoms with van der Waals surface area (Å²) in [4.78, 5) is 31.5. The first-order valence-corrected chi connectivity index (χ1v) is 15.7. The summed E-state index contributed by atoms with van der Waals surface area (Å²) in [5.74, 6) is 4.02. The number of aryl methyl sites for hydroxylation is 2. The zero-order valence-corrected chi connectivity index (χ0v) is 25.5. The number of amides is 1. The molecule has 7 nitrogen and oxygen atoms in total. The summed E-state index contributed by atoms with van der Waals surface area (Å²) in [6.45, 7) is 16.1. The Morgan fingerprint density at radius 2 is 1.73 bits per heavy atom. The Hall–Kier alpha value is -2.54. The van der Waals surface area contributed by atoms with Crippen LogP contribution in [-0.4, -0.2) is 69.0 Å². The highest BCUT2D eigenvalue weighted by Crippen LogP contribution is 2.48. The van der Waals surface area contributed by atoms with E-state index in [0.29, 0.717) is 38.0 Å². The van der Waals surface area contributed by atoms with Crippen LogP contribution in [0.1, 0.15) is 106 Å². The van der Waals surface area contributed by atoms with Gasteiger partial charge in [-0.2, -0.15) is 0 Å². The molecule has 218 valence electrons. The Bertz CT molecular complexity index is 1210. The first-order chi connectivity index (χ1) is 19.2. The van der Waals surface area contributed by atoms with Crippen molar-refractivity contribution in [1.82, 2.24) is 24.6 Å².